The molecule has 0 saturated heterocycles. The molecule has 1 heterocycles. The topological polar surface area (TPSA) is 72.9 Å². The number of nitrogens with zero attached hydrogens (tertiary/aromatic N) is 2. The molecule has 1 amide bonds. The Morgan fingerprint density at radius 2 is 2.00 bits per heavy atom. The molecule has 22 heavy (non-hydrogen) atoms. The van der Waals surface area contributed by atoms with Crippen molar-refractivity contribution in [3.8, 4) is 0 Å². The molecule has 8 heteroatoms. The van der Waals surface area contributed by atoms with E-state index in [1.807, 2.05) is 0 Å². The monoisotopic (exact) mass is 311 g/mol. The third-order valence-electron chi connectivity index (χ3n) is 2.88. The van der Waals surface area contributed by atoms with Crippen molar-refractivity contribution in [2.45, 2.75) is 13.1 Å². The van der Waals surface area contributed by atoms with Crippen LogP contribution >= 0.6 is 0 Å². The zero-order valence-corrected chi connectivity index (χ0v) is 11.5. The molecule has 2 rings (SSSR count). The first kappa shape index (κ1) is 15.9. The van der Waals surface area contributed by atoms with Gasteiger partial charge in [0, 0.05) is 25.3 Å². The number of rotatable bonds is 3. The van der Waals surface area contributed by atoms with Gasteiger partial charge in [-0.15, -0.1) is 0 Å². The lowest BCUT2D eigenvalue weighted by Crippen LogP contribution is -2.70. The zero-order valence-electron chi connectivity index (χ0n) is 11.5. The molecule has 1 aromatic heterocycles. The van der Waals surface area contributed by atoms with Crippen LogP contribution in [0.3, 0.4) is 0 Å². The number of benzene rings is 1. The SMILES string of the molecule is CC(=O)N(c1cccc(C(F)(F)F)c1)c1cc([NH2+][O-])ccn1. The lowest BCUT2D eigenvalue weighted by atomic mass is 10.1. The quantitative estimate of drug-likeness (QED) is 0.885. The number of carbonyl (C=O) groups excluding carboxylic acids is 1. The summed E-state index contributed by atoms with van der Waals surface area (Å²) in [6.45, 7) is 1.20. The van der Waals surface area contributed by atoms with E-state index in [1.165, 1.54) is 37.4 Å². The van der Waals surface area contributed by atoms with Crippen LogP contribution in [0.4, 0.5) is 30.4 Å². The van der Waals surface area contributed by atoms with Crippen LogP contribution in [0.5, 0.6) is 0 Å². The first-order valence-corrected chi connectivity index (χ1v) is 6.22. The minimum atomic E-state index is -4.52. The minimum Gasteiger partial charge on any atom is -0.630 e. The molecule has 0 aliphatic heterocycles. The predicted octanol–water partition coefficient (Wildman–Crippen LogP) is 2.48. The van der Waals surface area contributed by atoms with Gasteiger partial charge < -0.3 is 10.7 Å². The van der Waals surface area contributed by atoms with E-state index in [-0.39, 0.29) is 17.2 Å². The van der Waals surface area contributed by atoms with Crippen LogP contribution in [0.1, 0.15) is 12.5 Å². The molecule has 0 aliphatic rings. The summed E-state index contributed by atoms with van der Waals surface area (Å²) < 4.78 is 38.4. The largest absolute Gasteiger partial charge is 0.630 e. The Labute approximate surface area is 124 Å². The summed E-state index contributed by atoms with van der Waals surface area (Å²) in [4.78, 5) is 16.8. The third-order valence-corrected chi connectivity index (χ3v) is 2.88. The lowest BCUT2D eigenvalue weighted by molar-refractivity contribution is -0.497. The van der Waals surface area contributed by atoms with Crippen LogP contribution in [-0.4, -0.2) is 10.9 Å². The smallest absolute Gasteiger partial charge is 0.416 e. The Morgan fingerprint density at radius 3 is 2.59 bits per heavy atom. The van der Waals surface area contributed by atoms with Gasteiger partial charge in [-0.05, 0) is 18.2 Å². The minimum absolute atomic E-state index is 0.0258. The van der Waals surface area contributed by atoms with E-state index in [9.17, 15) is 23.2 Å². The summed E-state index contributed by atoms with van der Waals surface area (Å²) in [5.74, 6) is -0.439. The van der Waals surface area contributed by atoms with Crippen LogP contribution < -0.4 is 10.4 Å². The first-order valence-electron chi connectivity index (χ1n) is 6.22. The van der Waals surface area contributed by atoms with Gasteiger partial charge in [0.1, 0.15) is 11.5 Å². The van der Waals surface area contributed by atoms with Crippen LogP contribution in [-0.2, 0) is 11.0 Å². The summed E-state index contributed by atoms with van der Waals surface area (Å²) >= 11 is 0. The Hall–Kier alpha value is -2.45. The standard InChI is InChI=1S/C14H12F3N3O2/c1-9(21)20(13-8-11(19-22)5-6-18-13)12-4-2-3-10(7-12)14(15,16)17/h2-8H,19H2,1H3. The fourth-order valence-corrected chi connectivity index (χ4v) is 1.93. The molecule has 0 unspecified atom stereocenters. The Morgan fingerprint density at radius 1 is 1.27 bits per heavy atom. The number of aromatic nitrogens is 1. The molecule has 116 valence electrons. The number of alkyl halides is 3. The van der Waals surface area contributed by atoms with E-state index in [0.717, 1.165) is 17.0 Å². The second-order valence-corrected chi connectivity index (χ2v) is 4.47. The fraction of sp³-hybridized carbons (Fsp3) is 0.143. The summed E-state index contributed by atoms with van der Waals surface area (Å²) in [5, 5.41) is 10.8. The molecule has 2 aromatic rings. The lowest BCUT2D eigenvalue weighted by Gasteiger charge is -2.21. The molecule has 0 aliphatic carbocycles. The Kier molecular flexibility index (Phi) is 4.43. The van der Waals surface area contributed by atoms with Crippen LogP contribution in [0, 0.1) is 5.21 Å². The van der Waals surface area contributed by atoms with Gasteiger partial charge in [-0.1, -0.05) is 6.07 Å². The van der Waals surface area contributed by atoms with E-state index < -0.39 is 17.6 Å². The molecule has 1 aromatic carbocycles. The van der Waals surface area contributed by atoms with Crippen molar-refractivity contribution in [1.82, 2.24) is 4.98 Å². The molecular weight excluding hydrogens is 299 g/mol. The highest BCUT2D eigenvalue weighted by molar-refractivity contribution is 5.98. The molecule has 2 N–H and O–H groups in total. The second-order valence-electron chi connectivity index (χ2n) is 4.47. The van der Waals surface area contributed by atoms with Gasteiger partial charge in [0.25, 0.3) is 0 Å². The van der Waals surface area contributed by atoms with Crippen LogP contribution in [0.25, 0.3) is 0 Å². The van der Waals surface area contributed by atoms with Gasteiger partial charge in [0.15, 0.2) is 0 Å². The molecule has 0 fully saturated rings. The van der Waals surface area contributed by atoms with Gasteiger partial charge in [0.05, 0.1) is 11.3 Å². The number of halogens is 3. The third kappa shape index (κ3) is 3.41. The zero-order chi connectivity index (χ0) is 16.3. The van der Waals surface area contributed by atoms with E-state index >= 15 is 0 Å². The highest BCUT2D eigenvalue weighted by atomic mass is 19.4. The van der Waals surface area contributed by atoms with Crippen molar-refractivity contribution < 1.29 is 23.4 Å². The molecule has 5 nitrogen and oxygen atoms in total. The Bertz CT molecular complexity index is 689. The van der Waals surface area contributed by atoms with Crippen LogP contribution in [0.15, 0.2) is 42.6 Å². The average Bonchev–Trinajstić information content (AvgIpc) is 2.47. The maximum atomic E-state index is 12.8. The van der Waals surface area contributed by atoms with Crippen molar-refractivity contribution in [1.29, 1.82) is 0 Å². The van der Waals surface area contributed by atoms with Crippen molar-refractivity contribution >= 4 is 23.1 Å². The van der Waals surface area contributed by atoms with Gasteiger partial charge in [-0.3, -0.25) is 9.69 Å². The van der Waals surface area contributed by atoms with E-state index in [2.05, 4.69) is 4.98 Å². The Balaban J connectivity index is 2.51. The van der Waals surface area contributed by atoms with Gasteiger partial charge in [-0.2, -0.15) is 13.2 Å². The first-order chi connectivity index (χ1) is 10.3. The van der Waals surface area contributed by atoms with Crippen molar-refractivity contribution in [2.75, 3.05) is 4.90 Å². The second kappa shape index (κ2) is 6.12. The summed E-state index contributed by atoms with van der Waals surface area (Å²) in [6.07, 6.45) is -3.21. The van der Waals surface area contributed by atoms with Gasteiger partial charge in [0.2, 0.25) is 5.91 Å². The molecule has 0 bridgehead atoms. The number of pyridine rings is 1. The van der Waals surface area contributed by atoms with Crippen molar-refractivity contribution in [3.05, 3.63) is 53.4 Å². The normalized spacial score (nSPS) is 11.3. The molecular formula is C14H12F3N3O2. The number of hydrogen-bond acceptors (Lipinski definition) is 3. The number of amides is 1. The molecule has 0 saturated carbocycles. The molecule has 0 atom stereocenters. The van der Waals surface area contributed by atoms with Crippen molar-refractivity contribution in [2.24, 2.45) is 0 Å². The number of nitrogens with two attached hydrogens (primary N) is 1. The van der Waals surface area contributed by atoms with Gasteiger partial charge in [-0.25, -0.2) is 4.98 Å². The highest BCUT2D eigenvalue weighted by Gasteiger charge is 2.31. The maximum Gasteiger partial charge on any atom is 0.416 e. The highest BCUT2D eigenvalue weighted by Crippen LogP contribution is 2.33. The van der Waals surface area contributed by atoms with E-state index in [0.29, 0.717) is 5.48 Å². The molecule has 0 spiro atoms. The number of anilines is 2. The van der Waals surface area contributed by atoms with E-state index in [1.54, 1.807) is 0 Å². The number of carbonyl (C=O) groups is 1. The van der Waals surface area contributed by atoms with Gasteiger partial charge >= 0.3 is 6.18 Å². The maximum absolute atomic E-state index is 12.8. The summed E-state index contributed by atoms with van der Waals surface area (Å²) in [7, 11) is 0. The average molecular weight is 311 g/mol. The fourth-order valence-electron chi connectivity index (χ4n) is 1.93. The van der Waals surface area contributed by atoms with Crippen molar-refractivity contribution in [3.63, 3.8) is 0 Å². The number of quaternary nitrogens is 1. The summed E-state index contributed by atoms with van der Waals surface area (Å²) in [6, 6.07) is 7.10. The number of hydrogen-bond donors (Lipinski definition) is 1. The van der Waals surface area contributed by atoms with Crippen LogP contribution in [0.2, 0.25) is 0 Å². The predicted molar refractivity (Wildman–Crippen MR) is 73.5 cm³/mol. The summed E-state index contributed by atoms with van der Waals surface area (Å²) in [5.41, 5.74) is -0.0146. The van der Waals surface area contributed by atoms with E-state index in [4.69, 9.17) is 0 Å². The molecule has 0 radical (unpaired) electrons.